The number of aromatic carboxylic acids is 1. The number of carbonyl (C=O) groups is 1. The number of pyridine rings is 2. The summed E-state index contributed by atoms with van der Waals surface area (Å²) in [4.78, 5) is 18.8. The zero-order valence-corrected chi connectivity index (χ0v) is 9.32. The number of carboxylic acid groups (broad SMARTS) is 1. The van der Waals surface area contributed by atoms with Crippen LogP contribution in [0.2, 0.25) is 0 Å². The molecule has 0 bridgehead atoms. The van der Waals surface area contributed by atoms with Gasteiger partial charge in [-0.05, 0) is 24.3 Å². The van der Waals surface area contributed by atoms with E-state index in [1.54, 1.807) is 6.07 Å². The third-order valence-electron chi connectivity index (χ3n) is 1.89. The summed E-state index contributed by atoms with van der Waals surface area (Å²) in [7, 11) is 0. The van der Waals surface area contributed by atoms with Gasteiger partial charge in [0.25, 0.3) is 0 Å². The van der Waals surface area contributed by atoms with Crippen molar-refractivity contribution in [3.8, 4) is 0 Å². The van der Waals surface area contributed by atoms with Gasteiger partial charge < -0.3 is 5.11 Å². The van der Waals surface area contributed by atoms with Crippen LogP contribution < -0.4 is 0 Å². The lowest BCUT2D eigenvalue weighted by molar-refractivity contribution is 0.0690. The number of nitrogens with zero attached hydrogens (tertiary/aromatic N) is 2. The molecule has 0 amide bonds. The summed E-state index contributed by atoms with van der Waals surface area (Å²) >= 11 is 1.06. The molecular formula is C11H7FN2O2S. The van der Waals surface area contributed by atoms with E-state index < -0.39 is 11.8 Å². The fourth-order valence-corrected chi connectivity index (χ4v) is 1.95. The Bertz CT molecular complexity index is 563. The third kappa shape index (κ3) is 2.79. The van der Waals surface area contributed by atoms with Crippen molar-refractivity contribution in [2.75, 3.05) is 0 Å². The molecule has 86 valence electrons. The van der Waals surface area contributed by atoms with Crippen LogP contribution in [0.3, 0.4) is 0 Å². The maximum absolute atomic E-state index is 13.3. The molecule has 2 rings (SSSR count). The predicted molar refractivity (Wildman–Crippen MR) is 59.5 cm³/mol. The fourth-order valence-electron chi connectivity index (χ4n) is 1.15. The largest absolute Gasteiger partial charge is 0.477 e. The van der Waals surface area contributed by atoms with E-state index in [9.17, 15) is 9.18 Å². The van der Waals surface area contributed by atoms with Crippen LogP contribution in [0.25, 0.3) is 0 Å². The molecule has 2 aromatic heterocycles. The maximum Gasteiger partial charge on any atom is 0.354 e. The van der Waals surface area contributed by atoms with Crippen LogP contribution in [0.1, 0.15) is 10.5 Å². The van der Waals surface area contributed by atoms with Gasteiger partial charge in [0.15, 0.2) is 5.82 Å². The minimum absolute atomic E-state index is 0.0775. The molecular weight excluding hydrogens is 243 g/mol. The smallest absolute Gasteiger partial charge is 0.354 e. The molecule has 0 spiro atoms. The topological polar surface area (TPSA) is 63.1 Å². The van der Waals surface area contributed by atoms with Gasteiger partial charge in [0.1, 0.15) is 10.7 Å². The van der Waals surface area contributed by atoms with Crippen LogP contribution in [0.5, 0.6) is 0 Å². The van der Waals surface area contributed by atoms with E-state index >= 15 is 0 Å². The number of halogens is 1. The van der Waals surface area contributed by atoms with Crippen molar-refractivity contribution in [2.45, 2.75) is 9.92 Å². The van der Waals surface area contributed by atoms with Crippen molar-refractivity contribution in [3.05, 3.63) is 48.2 Å². The normalized spacial score (nSPS) is 10.2. The van der Waals surface area contributed by atoms with Crippen molar-refractivity contribution < 1.29 is 14.3 Å². The Hall–Kier alpha value is -1.95. The molecule has 1 N–H and O–H groups in total. The average molecular weight is 250 g/mol. The van der Waals surface area contributed by atoms with Crippen LogP contribution in [0, 0.1) is 5.82 Å². The highest BCUT2D eigenvalue weighted by atomic mass is 32.2. The molecule has 0 aliphatic heterocycles. The van der Waals surface area contributed by atoms with E-state index in [1.165, 1.54) is 30.6 Å². The number of aromatic nitrogens is 2. The second-order valence-electron chi connectivity index (χ2n) is 3.07. The van der Waals surface area contributed by atoms with Crippen molar-refractivity contribution in [2.24, 2.45) is 0 Å². The molecule has 0 fully saturated rings. The molecule has 0 atom stereocenters. The van der Waals surface area contributed by atoms with E-state index in [1.807, 2.05) is 0 Å². The van der Waals surface area contributed by atoms with E-state index in [4.69, 9.17) is 5.11 Å². The highest BCUT2D eigenvalue weighted by Crippen LogP contribution is 2.27. The quantitative estimate of drug-likeness (QED) is 0.906. The lowest BCUT2D eigenvalue weighted by Crippen LogP contribution is -1.99. The Morgan fingerprint density at radius 2 is 2.12 bits per heavy atom. The second kappa shape index (κ2) is 4.92. The first-order valence-electron chi connectivity index (χ1n) is 4.64. The second-order valence-corrected chi connectivity index (χ2v) is 4.14. The van der Waals surface area contributed by atoms with Crippen LogP contribution in [-0.4, -0.2) is 21.0 Å². The maximum atomic E-state index is 13.3. The fraction of sp³-hybridized carbons (Fsp3) is 0. The summed E-state index contributed by atoms with van der Waals surface area (Å²) in [6.45, 7) is 0. The van der Waals surface area contributed by atoms with Gasteiger partial charge in [0.05, 0.1) is 0 Å². The summed E-state index contributed by atoms with van der Waals surface area (Å²) in [6, 6.07) is 5.77. The SMILES string of the molecule is O=C(O)c1cc(Sc2ncccc2F)ccn1. The summed E-state index contributed by atoms with van der Waals surface area (Å²) in [5, 5.41) is 8.97. The number of hydrogen-bond acceptors (Lipinski definition) is 4. The molecule has 17 heavy (non-hydrogen) atoms. The Balaban J connectivity index is 2.28. The average Bonchev–Trinajstić information content (AvgIpc) is 2.32. The lowest BCUT2D eigenvalue weighted by atomic mass is 10.3. The first kappa shape index (κ1) is 11.5. The van der Waals surface area contributed by atoms with Gasteiger partial charge >= 0.3 is 5.97 Å². The molecule has 0 radical (unpaired) electrons. The number of carboxylic acids is 1. The first-order valence-corrected chi connectivity index (χ1v) is 5.46. The lowest BCUT2D eigenvalue weighted by Gasteiger charge is -2.02. The number of hydrogen-bond donors (Lipinski definition) is 1. The van der Waals surface area contributed by atoms with Crippen molar-refractivity contribution in [1.29, 1.82) is 0 Å². The summed E-state index contributed by atoms with van der Waals surface area (Å²) in [5.74, 6) is -1.56. The van der Waals surface area contributed by atoms with E-state index in [0.29, 0.717) is 4.90 Å². The van der Waals surface area contributed by atoms with Gasteiger partial charge in [0, 0.05) is 17.3 Å². The van der Waals surface area contributed by atoms with Crippen molar-refractivity contribution in [3.63, 3.8) is 0 Å². The van der Waals surface area contributed by atoms with Crippen LogP contribution in [0.15, 0.2) is 46.6 Å². The van der Waals surface area contributed by atoms with E-state index in [0.717, 1.165) is 11.8 Å². The standard InChI is InChI=1S/C11H7FN2O2S/c12-8-2-1-4-14-10(8)17-7-3-5-13-9(6-7)11(15)16/h1-6H,(H,15,16). The first-order chi connectivity index (χ1) is 8.16. The molecule has 6 heteroatoms. The van der Waals surface area contributed by atoms with Crippen LogP contribution >= 0.6 is 11.8 Å². The van der Waals surface area contributed by atoms with Crippen LogP contribution in [-0.2, 0) is 0 Å². The molecule has 4 nitrogen and oxygen atoms in total. The Kier molecular flexibility index (Phi) is 3.34. The monoisotopic (exact) mass is 250 g/mol. The van der Waals surface area contributed by atoms with E-state index in [-0.39, 0.29) is 10.7 Å². The minimum atomic E-state index is -1.12. The molecule has 0 saturated heterocycles. The van der Waals surface area contributed by atoms with Gasteiger partial charge in [-0.15, -0.1) is 0 Å². The van der Waals surface area contributed by atoms with Gasteiger partial charge in [0.2, 0.25) is 0 Å². The minimum Gasteiger partial charge on any atom is -0.477 e. The number of rotatable bonds is 3. The van der Waals surface area contributed by atoms with Crippen molar-refractivity contribution in [1.82, 2.24) is 9.97 Å². The summed E-state index contributed by atoms with van der Waals surface area (Å²) in [5.41, 5.74) is -0.0775. The Morgan fingerprint density at radius 3 is 2.82 bits per heavy atom. The zero-order valence-electron chi connectivity index (χ0n) is 8.50. The van der Waals surface area contributed by atoms with Gasteiger partial charge in [-0.25, -0.2) is 19.2 Å². The molecule has 0 unspecified atom stereocenters. The zero-order chi connectivity index (χ0) is 12.3. The Morgan fingerprint density at radius 1 is 1.29 bits per heavy atom. The van der Waals surface area contributed by atoms with Gasteiger partial charge in [-0.3, -0.25) is 0 Å². The van der Waals surface area contributed by atoms with Crippen molar-refractivity contribution >= 4 is 17.7 Å². The van der Waals surface area contributed by atoms with Gasteiger partial charge in [-0.1, -0.05) is 11.8 Å². The van der Waals surface area contributed by atoms with E-state index in [2.05, 4.69) is 9.97 Å². The van der Waals surface area contributed by atoms with Crippen LogP contribution in [0.4, 0.5) is 4.39 Å². The summed E-state index contributed by atoms with van der Waals surface area (Å²) < 4.78 is 13.3. The highest BCUT2D eigenvalue weighted by Gasteiger charge is 2.08. The molecule has 0 aliphatic rings. The summed E-state index contributed by atoms with van der Waals surface area (Å²) in [6.07, 6.45) is 2.84. The molecule has 2 heterocycles. The van der Waals surface area contributed by atoms with Gasteiger partial charge in [-0.2, -0.15) is 0 Å². The molecule has 0 aromatic carbocycles. The highest BCUT2D eigenvalue weighted by molar-refractivity contribution is 7.99. The molecule has 0 saturated carbocycles. The third-order valence-corrected chi connectivity index (χ3v) is 2.87. The molecule has 2 aromatic rings. The predicted octanol–water partition coefficient (Wildman–Crippen LogP) is 2.47. The molecule has 0 aliphatic carbocycles. The Labute approximate surface area is 101 Å².